The van der Waals surface area contributed by atoms with Gasteiger partial charge in [0.1, 0.15) is 0 Å². The number of anilines is 1. The van der Waals surface area contributed by atoms with Gasteiger partial charge in [0.05, 0.1) is 0 Å². The highest BCUT2D eigenvalue weighted by molar-refractivity contribution is 6.00. The zero-order valence-electron chi connectivity index (χ0n) is 26.0. The predicted octanol–water partition coefficient (Wildman–Crippen LogP) is 11.8. The van der Waals surface area contributed by atoms with Crippen molar-refractivity contribution >= 4 is 23.6 Å². The lowest BCUT2D eigenvalue weighted by atomic mass is 9.96. The zero-order chi connectivity index (χ0) is 30.9. The Bertz CT molecular complexity index is 1250. The summed E-state index contributed by atoms with van der Waals surface area (Å²) in [6, 6.07) is 22.5. The average Bonchev–Trinajstić information content (AvgIpc) is 3.02. The first-order valence-electron chi connectivity index (χ1n) is 16.2. The van der Waals surface area contributed by atoms with E-state index < -0.39 is 12.0 Å². The molecule has 2 nitrogen and oxygen atoms in total. The van der Waals surface area contributed by atoms with E-state index in [0.717, 1.165) is 29.8 Å². The van der Waals surface area contributed by atoms with E-state index in [-0.39, 0.29) is 5.56 Å². The Morgan fingerprint density at radius 3 is 1.72 bits per heavy atom. The number of unbranched alkanes of at least 4 members (excludes halogenated alkanes) is 10. The number of ketones is 1. The first kappa shape index (κ1) is 34.2. The maximum absolute atomic E-state index is 12.8. The first-order valence-corrected chi connectivity index (χ1v) is 16.2. The fourth-order valence-corrected chi connectivity index (χ4v) is 5.48. The number of Topliss-reactive ketones (excluding diaryl/α,β-unsaturated/α-hetero) is 1. The van der Waals surface area contributed by atoms with Crippen LogP contribution in [0.15, 0.2) is 72.8 Å². The van der Waals surface area contributed by atoms with Gasteiger partial charge in [-0.3, -0.25) is 4.79 Å². The molecule has 0 aromatic heterocycles. The van der Waals surface area contributed by atoms with Crippen molar-refractivity contribution in [3.05, 3.63) is 89.5 Å². The summed E-state index contributed by atoms with van der Waals surface area (Å²) in [6.45, 7) is 6.59. The Balaban J connectivity index is 1.81. The molecule has 0 saturated carbocycles. The summed E-state index contributed by atoms with van der Waals surface area (Å²) in [7, 11) is 0. The van der Waals surface area contributed by atoms with Gasteiger partial charge < -0.3 is 4.90 Å². The van der Waals surface area contributed by atoms with Crippen LogP contribution in [0.4, 0.5) is 18.9 Å². The van der Waals surface area contributed by atoms with Crippen molar-refractivity contribution in [1.29, 1.82) is 0 Å². The van der Waals surface area contributed by atoms with Gasteiger partial charge >= 0.3 is 6.18 Å². The van der Waals surface area contributed by atoms with Gasteiger partial charge in [-0.25, -0.2) is 0 Å². The number of alkyl halides is 3. The van der Waals surface area contributed by atoms with Crippen molar-refractivity contribution in [2.45, 2.75) is 97.1 Å². The van der Waals surface area contributed by atoms with E-state index in [4.69, 9.17) is 0 Å². The lowest BCUT2D eigenvalue weighted by molar-refractivity contribution is -0.0885. The highest BCUT2D eigenvalue weighted by Crippen LogP contribution is 2.34. The summed E-state index contributed by atoms with van der Waals surface area (Å²) in [6.07, 6.45) is 14.2. The van der Waals surface area contributed by atoms with Crippen LogP contribution in [0.3, 0.4) is 0 Å². The van der Waals surface area contributed by atoms with E-state index in [0.29, 0.717) is 0 Å². The molecule has 0 unspecified atom stereocenters. The van der Waals surface area contributed by atoms with Gasteiger partial charge in [-0.1, -0.05) is 157 Å². The molecule has 0 radical (unpaired) electrons. The van der Waals surface area contributed by atoms with Crippen molar-refractivity contribution in [1.82, 2.24) is 0 Å². The smallest absolute Gasteiger partial charge is 0.371 e. The van der Waals surface area contributed by atoms with Crippen LogP contribution in [-0.4, -0.2) is 25.0 Å². The van der Waals surface area contributed by atoms with Crippen molar-refractivity contribution in [2.75, 3.05) is 18.0 Å². The Morgan fingerprint density at radius 1 is 0.628 bits per heavy atom. The fourth-order valence-electron chi connectivity index (χ4n) is 5.48. The second-order valence-electron chi connectivity index (χ2n) is 11.4. The van der Waals surface area contributed by atoms with E-state index in [9.17, 15) is 18.0 Å². The molecule has 3 aromatic rings. The summed E-state index contributed by atoms with van der Waals surface area (Å²) in [5.41, 5.74) is 4.97. The van der Waals surface area contributed by atoms with E-state index in [2.05, 4.69) is 55.1 Å². The normalized spacial score (nSPS) is 11.7. The third kappa shape index (κ3) is 11.3. The van der Waals surface area contributed by atoms with Gasteiger partial charge in [-0.15, -0.1) is 0 Å². The number of carbonyl (C=O) groups excluding carboxylic acids is 1. The van der Waals surface area contributed by atoms with E-state index in [1.165, 1.54) is 100 Å². The van der Waals surface area contributed by atoms with E-state index >= 15 is 0 Å². The molecule has 0 aliphatic heterocycles. The third-order valence-corrected chi connectivity index (χ3v) is 7.94. The molecule has 3 aromatic carbocycles. The molecule has 0 fully saturated rings. The van der Waals surface area contributed by atoms with Gasteiger partial charge in [0.15, 0.2) is 0 Å². The average molecular weight is 592 g/mol. The minimum atomic E-state index is -4.87. The standard InChI is InChI=1S/C38H48F3NO/c1-3-5-7-9-11-17-29-42(30-18-12-10-8-6-4-2)36-22-16-15-21-35(36)34-20-14-13-19-32(34)26-23-31-24-27-33(28-25-31)37(43)38(39,40)41/h13-16,19-28H,3-12,17-18,29-30H2,1-2H3/b26-23+. The van der Waals surface area contributed by atoms with Crippen molar-refractivity contribution in [2.24, 2.45) is 0 Å². The largest absolute Gasteiger partial charge is 0.454 e. The van der Waals surface area contributed by atoms with Crippen LogP contribution in [0.2, 0.25) is 0 Å². The molecule has 3 rings (SSSR count). The molecule has 0 aliphatic carbocycles. The molecule has 0 heterocycles. The number of carbonyl (C=O) groups is 1. The van der Waals surface area contributed by atoms with Crippen LogP contribution in [0.5, 0.6) is 0 Å². The summed E-state index contributed by atoms with van der Waals surface area (Å²) in [5.74, 6) is -1.82. The molecule has 43 heavy (non-hydrogen) atoms. The van der Waals surface area contributed by atoms with Gasteiger partial charge in [-0.05, 0) is 35.6 Å². The van der Waals surface area contributed by atoms with Crippen molar-refractivity contribution < 1.29 is 18.0 Å². The molecular formula is C38H48F3NO. The van der Waals surface area contributed by atoms with Gasteiger partial charge in [0.25, 0.3) is 5.78 Å². The lowest BCUT2D eigenvalue weighted by Gasteiger charge is -2.28. The molecule has 0 aliphatic rings. The Labute approximate surface area is 257 Å². The Morgan fingerprint density at radius 2 is 1.14 bits per heavy atom. The van der Waals surface area contributed by atoms with Crippen molar-refractivity contribution in [3.8, 4) is 11.1 Å². The second-order valence-corrected chi connectivity index (χ2v) is 11.4. The first-order chi connectivity index (χ1) is 20.8. The maximum Gasteiger partial charge on any atom is 0.454 e. The lowest BCUT2D eigenvalue weighted by Crippen LogP contribution is -2.26. The second kappa shape index (κ2) is 18.4. The number of halogens is 3. The highest BCUT2D eigenvalue weighted by atomic mass is 19.4. The van der Waals surface area contributed by atoms with Gasteiger partial charge in [0.2, 0.25) is 0 Å². The molecule has 0 atom stereocenters. The van der Waals surface area contributed by atoms with Gasteiger partial charge in [-0.2, -0.15) is 13.2 Å². The van der Waals surface area contributed by atoms with Crippen molar-refractivity contribution in [3.63, 3.8) is 0 Å². The summed E-state index contributed by atoms with van der Waals surface area (Å²) < 4.78 is 38.4. The number of nitrogens with zero attached hydrogens (tertiary/aromatic N) is 1. The number of hydrogen-bond acceptors (Lipinski definition) is 2. The maximum atomic E-state index is 12.8. The molecular weight excluding hydrogens is 543 g/mol. The summed E-state index contributed by atoms with van der Waals surface area (Å²) in [5, 5.41) is 0. The van der Waals surface area contributed by atoms with Crippen LogP contribution in [-0.2, 0) is 0 Å². The quantitative estimate of drug-likeness (QED) is 0.0785. The SMILES string of the molecule is CCCCCCCCN(CCCCCCCC)c1ccccc1-c1ccccc1/C=C/c1ccc(C(=O)C(F)(F)F)cc1. The summed E-state index contributed by atoms with van der Waals surface area (Å²) in [4.78, 5) is 14.1. The molecule has 0 amide bonds. The number of para-hydroxylation sites is 1. The molecule has 232 valence electrons. The number of hydrogen-bond donors (Lipinski definition) is 0. The molecule has 0 N–H and O–H groups in total. The van der Waals surface area contributed by atoms with Crippen LogP contribution in [0.25, 0.3) is 23.3 Å². The monoisotopic (exact) mass is 591 g/mol. The van der Waals surface area contributed by atoms with Gasteiger partial charge in [0, 0.05) is 29.9 Å². The topological polar surface area (TPSA) is 20.3 Å². The third-order valence-electron chi connectivity index (χ3n) is 7.94. The van der Waals surface area contributed by atoms with Crippen LogP contribution >= 0.6 is 0 Å². The Kier molecular flexibility index (Phi) is 14.6. The number of benzene rings is 3. The molecule has 5 heteroatoms. The fraction of sp³-hybridized carbons (Fsp3) is 0.447. The van der Waals surface area contributed by atoms with Crippen LogP contribution in [0.1, 0.15) is 112 Å². The summed E-state index contributed by atoms with van der Waals surface area (Å²) >= 11 is 0. The van der Waals surface area contributed by atoms with E-state index in [1.54, 1.807) is 12.1 Å². The highest BCUT2D eigenvalue weighted by Gasteiger charge is 2.39. The Hall–Kier alpha value is -3.34. The minimum Gasteiger partial charge on any atom is -0.371 e. The zero-order valence-corrected chi connectivity index (χ0v) is 26.0. The van der Waals surface area contributed by atoms with Crippen LogP contribution in [0, 0.1) is 0 Å². The van der Waals surface area contributed by atoms with Crippen LogP contribution < -0.4 is 4.90 Å². The molecule has 0 spiro atoms. The molecule has 0 saturated heterocycles. The minimum absolute atomic E-state index is 0.352. The number of rotatable bonds is 19. The molecule has 0 bridgehead atoms. The van der Waals surface area contributed by atoms with E-state index in [1.807, 2.05) is 24.3 Å². The predicted molar refractivity (Wildman–Crippen MR) is 177 cm³/mol.